The number of nitrogens with zero attached hydrogens (tertiary/aromatic N) is 5. The van der Waals surface area contributed by atoms with Crippen LogP contribution in [-0.2, 0) is 6.54 Å². The molecule has 26 heavy (non-hydrogen) atoms. The van der Waals surface area contributed by atoms with Crippen molar-refractivity contribution in [2.75, 3.05) is 25.0 Å². The first-order chi connectivity index (χ1) is 12.7. The topological polar surface area (TPSA) is 45.2 Å². The lowest BCUT2D eigenvalue weighted by molar-refractivity contribution is 0.159. The van der Waals surface area contributed by atoms with E-state index in [-0.39, 0.29) is 0 Å². The van der Waals surface area contributed by atoms with Crippen molar-refractivity contribution in [3.05, 3.63) is 60.6 Å². The van der Waals surface area contributed by atoms with Crippen LogP contribution in [0.1, 0.15) is 18.9 Å². The largest absolute Gasteiger partial charge is 0.354 e. The molecule has 0 bridgehead atoms. The lowest BCUT2D eigenvalue weighted by atomic mass is 9.92. The number of piperidine rings is 1. The summed E-state index contributed by atoms with van der Waals surface area (Å²) in [6, 6.07) is 15.2. The third kappa shape index (κ3) is 3.40. The molecule has 3 aromatic rings. The zero-order valence-electron chi connectivity index (χ0n) is 15.4. The minimum atomic E-state index is 0.422. The van der Waals surface area contributed by atoms with Crippen molar-refractivity contribution >= 4 is 16.9 Å². The van der Waals surface area contributed by atoms with Crippen LogP contribution in [0.5, 0.6) is 0 Å². The summed E-state index contributed by atoms with van der Waals surface area (Å²) in [5, 5.41) is 1.02. The van der Waals surface area contributed by atoms with Crippen LogP contribution < -0.4 is 4.90 Å². The number of aromatic nitrogens is 3. The van der Waals surface area contributed by atoms with Gasteiger partial charge in [0.25, 0.3) is 0 Å². The molecular formula is C21H25N5. The van der Waals surface area contributed by atoms with Crippen molar-refractivity contribution in [1.82, 2.24) is 19.9 Å². The predicted molar refractivity (Wildman–Crippen MR) is 105 cm³/mol. The number of likely N-dealkylation sites (tertiary alicyclic amines) is 1. The van der Waals surface area contributed by atoms with E-state index in [1.165, 1.54) is 12.0 Å². The van der Waals surface area contributed by atoms with Crippen LogP contribution in [0.3, 0.4) is 0 Å². The molecule has 3 heterocycles. The number of anilines is 1. The minimum Gasteiger partial charge on any atom is -0.354 e. The molecule has 0 radical (unpaired) electrons. The molecule has 2 atom stereocenters. The van der Waals surface area contributed by atoms with Crippen molar-refractivity contribution in [3.8, 4) is 0 Å². The lowest BCUT2D eigenvalue weighted by Crippen LogP contribution is -2.50. The first-order valence-electron chi connectivity index (χ1n) is 9.27. The van der Waals surface area contributed by atoms with Gasteiger partial charge in [-0.05, 0) is 36.6 Å². The summed E-state index contributed by atoms with van der Waals surface area (Å²) in [6.07, 6.45) is 4.60. The number of pyridine rings is 1. The number of hydrogen-bond acceptors (Lipinski definition) is 5. The standard InChI is InChI=1S/C21H25N5/c1-16-10-12-26(13-17-7-4-3-5-8-17)14-19(16)25(2)21-18-9-6-11-22-20(18)23-15-24-21/h3-9,11,15-16,19H,10,12-14H2,1-2H3/t16-,19+/m1/s1. The highest BCUT2D eigenvalue weighted by Crippen LogP contribution is 2.28. The van der Waals surface area contributed by atoms with Gasteiger partial charge in [-0.15, -0.1) is 0 Å². The van der Waals surface area contributed by atoms with E-state index >= 15 is 0 Å². The molecule has 0 saturated carbocycles. The van der Waals surface area contributed by atoms with E-state index in [2.05, 4.69) is 75.1 Å². The zero-order chi connectivity index (χ0) is 17.9. The second-order valence-electron chi connectivity index (χ2n) is 7.24. The highest BCUT2D eigenvalue weighted by molar-refractivity contribution is 5.86. The first kappa shape index (κ1) is 16.9. The first-order valence-corrected chi connectivity index (χ1v) is 9.27. The van der Waals surface area contributed by atoms with Crippen LogP contribution in [0, 0.1) is 5.92 Å². The summed E-state index contributed by atoms with van der Waals surface area (Å²) in [5.41, 5.74) is 2.13. The second kappa shape index (κ2) is 7.38. The van der Waals surface area contributed by atoms with E-state index in [1.807, 2.05) is 6.07 Å². The van der Waals surface area contributed by atoms with Crippen molar-refractivity contribution < 1.29 is 0 Å². The number of fused-ring (bicyclic) bond motifs is 1. The Labute approximate surface area is 154 Å². The molecule has 0 unspecified atom stereocenters. The highest BCUT2D eigenvalue weighted by Gasteiger charge is 2.30. The molecule has 5 heteroatoms. The molecule has 134 valence electrons. The third-order valence-corrected chi connectivity index (χ3v) is 5.47. The maximum absolute atomic E-state index is 4.58. The summed E-state index contributed by atoms with van der Waals surface area (Å²) in [6.45, 7) is 5.54. The van der Waals surface area contributed by atoms with E-state index in [1.54, 1.807) is 12.5 Å². The molecule has 2 aromatic heterocycles. The molecule has 0 aliphatic carbocycles. The van der Waals surface area contributed by atoms with Gasteiger partial charge in [0.05, 0.1) is 5.39 Å². The monoisotopic (exact) mass is 347 g/mol. The zero-order valence-corrected chi connectivity index (χ0v) is 15.4. The summed E-state index contributed by atoms with van der Waals surface area (Å²) in [4.78, 5) is 18.1. The summed E-state index contributed by atoms with van der Waals surface area (Å²) in [5.74, 6) is 1.59. The Bertz CT molecular complexity index is 861. The predicted octanol–water partition coefficient (Wildman–Crippen LogP) is 3.37. The van der Waals surface area contributed by atoms with E-state index in [0.717, 1.165) is 36.5 Å². The van der Waals surface area contributed by atoms with Gasteiger partial charge in [0, 0.05) is 32.4 Å². The maximum atomic E-state index is 4.58. The van der Waals surface area contributed by atoms with Gasteiger partial charge >= 0.3 is 0 Å². The fourth-order valence-electron chi connectivity index (χ4n) is 3.92. The molecule has 1 aliphatic heterocycles. The van der Waals surface area contributed by atoms with Crippen LogP contribution in [0.15, 0.2) is 55.0 Å². The Morgan fingerprint density at radius 1 is 1.08 bits per heavy atom. The molecule has 0 amide bonds. The van der Waals surface area contributed by atoms with Crippen LogP contribution in [0.2, 0.25) is 0 Å². The summed E-state index contributed by atoms with van der Waals surface area (Å²) in [7, 11) is 2.15. The van der Waals surface area contributed by atoms with E-state index < -0.39 is 0 Å². The van der Waals surface area contributed by atoms with Crippen molar-refractivity contribution in [1.29, 1.82) is 0 Å². The summed E-state index contributed by atoms with van der Waals surface area (Å²) < 4.78 is 0. The van der Waals surface area contributed by atoms with Gasteiger partial charge in [-0.25, -0.2) is 15.0 Å². The average Bonchev–Trinajstić information content (AvgIpc) is 2.69. The molecule has 1 aromatic carbocycles. The normalized spacial score (nSPS) is 21.0. The molecule has 5 nitrogen and oxygen atoms in total. The van der Waals surface area contributed by atoms with Gasteiger partial charge in [0.15, 0.2) is 5.65 Å². The van der Waals surface area contributed by atoms with E-state index in [0.29, 0.717) is 12.0 Å². The fraction of sp³-hybridized carbons (Fsp3) is 0.381. The van der Waals surface area contributed by atoms with Gasteiger partial charge in [-0.2, -0.15) is 0 Å². The quantitative estimate of drug-likeness (QED) is 0.724. The second-order valence-corrected chi connectivity index (χ2v) is 7.24. The van der Waals surface area contributed by atoms with Crippen LogP contribution in [-0.4, -0.2) is 46.0 Å². The molecule has 1 saturated heterocycles. The summed E-state index contributed by atoms with van der Waals surface area (Å²) >= 11 is 0. The molecular weight excluding hydrogens is 322 g/mol. The Morgan fingerprint density at radius 2 is 1.92 bits per heavy atom. The molecule has 4 rings (SSSR count). The van der Waals surface area contributed by atoms with E-state index in [4.69, 9.17) is 0 Å². The Hall–Kier alpha value is -2.53. The van der Waals surface area contributed by atoms with Crippen molar-refractivity contribution in [2.45, 2.75) is 25.9 Å². The number of likely N-dealkylation sites (N-methyl/N-ethyl adjacent to an activating group) is 1. The van der Waals surface area contributed by atoms with Gasteiger partial charge in [0.1, 0.15) is 12.1 Å². The van der Waals surface area contributed by atoms with Gasteiger partial charge in [-0.3, -0.25) is 4.90 Å². The average molecular weight is 347 g/mol. The lowest BCUT2D eigenvalue weighted by Gasteiger charge is -2.42. The third-order valence-electron chi connectivity index (χ3n) is 5.47. The highest BCUT2D eigenvalue weighted by atomic mass is 15.3. The molecule has 1 fully saturated rings. The molecule has 1 aliphatic rings. The van der Waals surface area contributed by atoms with Gasteiger partial charge in [-0.1, -0.05) is 37.3 Å². The SMILES string of the molecule is C[C@@H]1CCN(Cc2ccccc2)C[C@@H]1N(C)c1ncnc2ncccc12. The van der Waals surface area contributed by atoms with Crippen molar-refractivity contribution in [2.24, 2.45) is 5.92 Å². The number of benzene rings is 1. The van der Waals surface area contributed by atoms with Crippen LogP contribution >= 0.6 is 0 Å². The number of hydrogen-bond donors (Lipinski definition) is 0. The maximum Gasteiger partial charge on any atom is 0.164 e. The minimum absolute atomic E-state index is 0.422. The Morgan fingerprint density at radius 3 is 2.77 bits per heavy atom. The van der Waals surface area contributed by atoms with Crippen molar-refractivity contribution in [3.63, 3.8) is 0 Å². The van der Waals surface area contributed by atoms with Crippen LogP contribution in [0.4, 0.5) is 5.82 Å². The van der Waals surface area contributed by atoms with Gasteiger partial charge in [0.2, 0.25) is 0 Å². The Kier molecular flexibility index (Phi) is 4.80. The number of rotatable bonds is 4. The Balaban J connectivity index is 1.56. The van der Waals surface area contributed by atoms with Crippen LogP contribution in [0.25, 0.3) is 11.0 Å². The fourth-order valence-corrected chi connectivity index (χ4v) is 3.92. The molecule has 0 N–H and O–H groups in total. The molecule has 0 spiro atoms. The smallest absolute Gasteiger partial charge is 0.164 e. The van der Waals surface area contributed by atoms with Gasteiger partial charge < -0.3 is 4.90 Å². The van der Waals surface area contributed by atoms with E-state index in [9.17, 15) is 0 Å².